The summed E-state index contributed by atoms with van der Waals surface area (Å²) in [6.45, 7) is 10.7. The highest BCUT2D eigenvalue weighted by Gasteiger charge is 2.61. The predicted molar refractivity (Wildman–Crippen MR) is 76.5 cm³/mol. The fraction of sp³-hybridized carbons (Fsp3) is 0.529. The third-order valence-electron chi connectivity index (χ3n) is 5.33. The fourth-order valence-electron chi connectivity index (χ4n) is 3.82. The SMILES string of the molecule is C=C1C2CCC(Oc3ccc(C)cc3O)(C2)C1(C)C. The quantitative estimate of drug-likeness (QED) is 0.805. The Morgan fingerprint density at radius 3 is 2.68 bits per heavy atom. The second-order valence-electron chi connectivity index (χ2n) is 6.66. The number of ether oxygens (including phenoxy) is 1. The first-order valence-corrected chi connectivity index (χ1v) is 7.04. The topological polar surface area (TPSA) is 29.5 Å². The Bertz CT molecular complexity index is 544. The van der Waals surface area contributed by atoms with Crippen LogP contribution in [0.25, 0.3) is 0 Å². The van der Waals surface area contributed by atoms with Crippen LogP contribution in [0.1, 0.15) is 38.7 Å². The van der Waals surface area contributed by atoms with E-state index in [-0.39, 0.29) is 16.8 Å². The molecule has 2 atom stereocenters. The smallest absolute Gasteiger partial charge is 0.161 e. The molecule has 1 N–H and O–H groups in total. The van der Waals surface area contributed by atoms with Gasteiger partial charge in [-0.2, -0.15) is 0 Å². The molecular weight excluding hydrogens is 236 g/mol. The molecule has 2 aliphatic rings. The van der Waals surface area contributed by atoms with Crippen molar-refractivity contribution in [2.45, 2.75) is 45.6 Å². The average Bonchev–Trinajstić information content (AvgIpc) is 2.83. The molecule has 2 unspecified atom stereocenters. The molecule has 2 aliphatic carbocycles. The van der Waals surface area contributed by atoms with E-state index in [2.05, 4.69) is 20.4 Å². The molecule has 1 aromatic carbocycles. The number of benzene rings is 1. The lowest BCUT2D eigenvalue weighted by atomic mass is 9.70. The van der Waals surface area contributed by atoms with Crippen molar-refractivity contribution < 1.29 is 9.84 Å². The van der Waals surface area contributed by atoms with Gasteiger partial charge in [0.05, 0.1) is 0 Å². The van der Waals surface area contributed by atoms with Crippen LogP contribution in [0.15, 0.2) is 30.4 Å². The van der Waals surface area contributed by atoms with E-state index in [1.807, 2.05) is 19.1 Å². The van der Waals surface area contributed by atoms with Gasteiger partial charge in [-0.05, 0) is 49.8 Å². The minimum absolute atomic E-state index is 0.0206. The molecule has 2 bridgehead atoms. The number of phenols is 1. The highest BCUT2D eigenvalue weighted by molar-refractivity contribution is 5.43. The molecule has 0 radical (unpaired) electrons. The Kier molecular flexibility index (Phi) is 2.51. The summed E-state index contributed by atoms with van der Waals surface area (Å²) in [4.78, 5) is 0. The highest BCUT2D eigenvalue weighted by Crippen LogP contribution is 2.62. The van der Waals surface area contributed by atoms with Crippen molar-refractivity contribution in [3.05, 3.63) is 35.9 Å². The van der Waals surface area contributed by atoms with Crippen LogP contribution < -0.4 is 4.74 Å². The normalized spacial score (nSPS) is 31.7. The van der Waals surface area contributed by atoms with Crippen molar-refractivity contribution >= 4 is 0 Å². The van der Waals surface area contributed by atoms with Crippen LogP contribution in [0.5, 0.6) is 11.5 Å². The summed E-state index contributed by atoms with van der Waals surface area (Å²) in [6, 6.07) is 5.62. The number of phenolic OH excluding ortho intramolecular Hbond substituents is 1. The zero-order valence-electron chi connectivity index (χ0n) is 12.0. The first-order chi connectivity index (χ1) is 8.86. The van der Waals surface area contributed by atoms with Gasteiger partial charge in [-0.25, -0.2) is 0 Å². The Balaban J connectivity index is 1.96. The highest BCUT2D eigenvalue weighted by atomic mass is 16.5. The molecule has 1 aromatic rings. The molecule has 2 nitrogen and oxygen atoms in total. The molecule has 0 aromatic heterocycles. The van der Waals surface area contributed by atoms with Crippen LogP contribution in [0.3, 0.4) is 0 Å². The Morgan fingerprint density at radius 2 is 2.11 bits per heavy atom. The van der Waals surface area contributed by atoms with Crippen LogP contribution in [-0.4, -0.2) is 10.7 Å². The third kappa shape index (κ3) is 1.62. The zero-order chi connectivity index (χ0) is 13.8. The summed E-state index contributed by atoms with van der Waals surface area (Å²) in [5.41, 5.74) is 2.14. The molecule has 2 heteroatoms. The first kappa shape index (κ1) is 12.6. The van der Waals surface area contributed by atoms with E-state index in [1.165, 1.54) is 5.57 Å². The molecule has 2 fully saturated rings. The van der Waals surface area contributed by atoms with Crippen molar-refractivity contribution in [3.63, 3.8) is 0 Å². The summed E-state index contributed by atoms with van der Waals surface area (Å²) in [5, 5.41) is 10.1. The van der Waals surface area contributed by atoms with E-state index in [9.17, 15) is 5.11 Å². The summed E-state index contributed by atoms with van der Waals surface area (Å²) >= 11 is 0. The van der Waals surface area contributed by atoms with Crippen LogP contribution in [0.4, 0.5) is 0 Å². The van der Waals surface area contributed by atoms with Gasteiger partial charge < -0.3 is 9.84 Å². The molecule has 0 spiro atoms. The van der Waals surface area contributed by atoms with Gasteiger partial charge in [0, 0.05) is 5.41 Å². The lowest BCUT2D eigenvalue weighted by Crippen LogP contribution is -2.45. The van der Waals surface area contributed by atoms with Crippen molar-refractivity contribution in [2.24, 2.45) is 11.3 Å². The second kappa shape index (κ2) is 3.78. The number of hydrogen-bond donors (Lipinski definition) is 1. The molecule has 0 aliphatic heterocycles. The van der Waals surface area contributed by atoms with Crippen molar-refractivity contribution in [2.75, 3.05) is 0 Å². The van der Waals surface area contributed by atoms with Crippen LogP contribution in [0, 0.1) is 18.3 Å². The molecule has 0 saturated heterocycles. The fourth-order valence-corrected chi connectivity index (χ4v) is 3.82. The minimum Gasteiger partial charge on any atom is -0.504 e. The Labute approximate surface area is 115 Å². The number of rotatable bonds is 2. The number of aryl methyl sites for hydroxylation is 1. The maximum atomic E-state index is 10.1. The largest absolute Gasteiger partial charge is 0.504 e. The van der Waals surface area contributed by atoms with Gasteiger partial charge in [-0.1, -0.05) is 32.1 Å². The van der Waals surface area contributed by atoms with Gasteiger partial charge in [0.2, 0.25) is 0 Å². The van der Waals surface area contributed by atoms with Crippen molar-refractivity contribution in [3.8, 4) is 11.5 Å². The van der Waals surface area contributed by atoms with E-state index in [4.69, 9.17) is 4.74 Å². The zero-order valence-corrected chi connectivity index (χ0v) is 12.0. The lowest BCUT2D eigenvalue weighted by Gasteiger charge is -2.43. The summed E-state index contributed by atoms with van der Waals surface area (Å²) in [5.74, 6) is 1.43. The Hall–Kier alpha value is -1.44. The minimum atomic E-state index is -0.193. The molecule has 3 rings (SSSR count). The van der Waals surface area contributed by atoms with E-state index in [0.29, 0.717) is 11.7 Å². The number of fused-ring (bicyclic) bond motifs is 2. The molecule has 19 heavy (non-hydrogen) atoms. The average molecular weight is 258 g/mol. The molecule has 102 valence electrons. The van der Waals surface area contributed by atoms with Crippen molar-refractivity contribution in [1.29, 1.82) is 0 Å². The third-order valence-corrected chi connectivity index (χ3v) is 5.33. The lowest BCUT2D eigenvalue weighted by molar-refractivity contribution is -0.00490. The molecule has 0 heterocycles. The second-order valence-corrected chi connectivity index (χ2v) is 6.66. The van der Waals surface area contributed by atoms with E-state index in [0.717, 1.165) is 24.8 Å². The summed E-state index contributed by atoms with van der Waals surface area (Å²) < 4.78 is 6.31. The van der Waals surface area contributed by atoms with Gasteiger partial charge in [0.25, 0.3) is 0 Å². The monoisotopic (exact) mass is 258 g/mol. The number of hydrogen-bond acceptors (Lipinski definition) is 2. The van der Waals surface area contributed by atoms with E-state index < -0.39 is 0 Å². The maximum Gasteiger partial charge on any atom is 0.161 e. The van der Waals surface area contributed by atoms with Crippen LogP contribution in [0.2, 0.25) is 0 Å². The van der Waals surface area contributed by atoms with Crippen LogP contribution in [-0.2, 0) is 0 Å². The molecule has 2 saturated carbocycles. The van der Waals surface area contributed by atoms with Gasteiger partial charge >= 0.3 is 0 Å². The van der Waals surface area contributed by atoms with Crippen molar-refractivity contribution in [1.82, 2.24) is 0 Å². The first-order valence-electron chi connectivity index (χ1n) is 7.04. The number of aromatic hydroxyl groups is 1. The Morgan fingerprint density at radius 1 is 1.37 bits per heavy atom. The standard InChI is InChI=1S/C17H22O2/c1-11-5-6-15(14(18)9-11)19-17-8-7-13(10-17)12(2)16(17,3)4/h5-6,9,13,18H,2,7-8,10H2,1,3-4H3. The van der Waals surface area contributed by atoms with Gasteiger partial charge in [0.1, 0.15) is 5.60 Å². The maximum absolute atomic E-state index is 10.1. The van der Waals surface area contributed by atoms with E-state index >= 15 is 0 Å². The van der Waals surface area contributed by atoms with Gasteiger partial charge in [-0.3, -0.25) is 0 Å². The summed E-state index contributed by atoms with van der Waals surface area (Å²) in [6.07, 6.45) is 3.25. The summed E-state index contributed by atoms with van der Waals surface area (Å²) in [7, 11) is 0. The van der Waals surface area contributed by atoms with E-state index in [1.54, 1.807) is 6.07 Å². The molecular formula is C17H22O2. The van der Waals surface area contributed by atoms with Gasteiger partial charge in [0.15, 0.2) is 11.5 Å². The molecule has 0 amide bonds. The van der Waals surface area contributed by atoms with Crippen LogP contribution >= 0.6 is 0 Å². The van der Waals surface area contributed by atoms with Gasteiger partial charge in [-0.15, -0.1) is 0 Å². The predicted octanol–water partition coefficient (Wildman–Crippen LogP) is 4.21.